The zero-order chi connectivity index (χ0) is 11.5. The molecule has 1 aliphatic rings. The Kier molecular flexibility index (Phi) is 4.12. The number of Topliss-reactive ketones (excluding diaryl/α,β-unsaturated/α-hetero) is 1. The molecule has 0 radical (unpaired) electrons. The number of hydrogen-bond donors (Lipinski definition) is 0. The minimum absolute atomic E-state index is 0.228. The summed E-state index contributed by atoms with van der Waals surface area (Å²) < 4.78 is 0. The van der Waals surface area contributed by atoms with E-state index in [2.05, 4.69) is 27.4 Å². The van der Waals surface area contributed by atoms with Gasteiger partial charge in [0.25, 0.3) is 0 Å². The predicted octanol–water partition coefficient (Wildman–Crippen LogP) is 3.98. The zero-order valence-electron chi connectivity index (χ0n) is 10.4. The van der Waals surface area contributed by atoms with Crippen LogP contribution >= 0.6 is 0 Å². The van der Waals surface area contributed by atoms with E-state index in [0.29, 0.717) is 11.7 Å². The van der Waals surface area contributed by atoms with Crippen molar-refractivity contribution < 1.29 is 4.79 Å². The fourth-order valence-electron chi connectivity index (χ4n) is 2.78. The van der Waals surface area contributed by atoms with Crippen molar-refractivity contribution >= 4 is 5.78 Å². The summed E-state index contributed by atoms with van der Waals surface area (Å²) in [6, 6.07) is 0. The summed E-state index contributed by atoms with van der Waals surface area (Å²) in [6.07, 6.45) is 7.78. The summed E-state index contributed by atoms with van der Waals surface area (Å²) in [5.41, 5.74) is -0.257. The Labute approximate surface area is 93.9 Å². The van der Waals surface area contributed by atoms with Crippen LogP contribution in [0.15, 0.2) is 12.7 Å². The van der Waals surface area contributed by atoms with Gasteiger partial charge < -0.3 is 0 Å². The van der Waals surface area contributed by atoms with Crippen molar-refractivity contribution in [2.24, 2.45) is 17.3 Å². The number of hydrogen-bond acceptors (Lipinski definition) is 1. The molecule has 0 spiro atoms. The first-order valence-electron chi connectivity index (χ1n) is 6.24. The molecule has 1 heteroatoms. The fraction of sp³-hybridized carbons (Fsp3) is 0.786. The molecule has 0 saturated heterocycles. The number of allylic oxidation sites excluding steroid dienone is 1. The van der Waals surface area contributed by atoms with Gasteiger partial charge in [-0.05, 0) is 32.1 Å². The molecule has 1 rings (SSSR count). The van der Waals surface area contributed by atoms with Crippen molar-refractivity contribution in [3.8, 4) is 0 Å². The molecular formula is C14H24O. The van der Waals surface area contributed by atoms with E-state index in [9.17, 15) is 4.79 Å². The third-order valence-corrected chi connectivity index (χ3v) is 4.10. The monoisotopic (exact) mass is 208 g/mol. The molecule has 0 aromatic carbocycles. The van der Waals surface area contributed by atoms with Crippen LogP contribution in [-0.2, 0) is 4.79 Å². The van der Waals surface area contributed by atoms with Crippen molar-refractivity contribution in [3.63, 3.8) is 0 Å². The largest absolute Gasteiger partial charge is 0.298 e. The average Bonchev–Trinajstić information content (AvgIpc) is 2.25. The first-order valence-corrected chi connectivity index (χ1v) is 6.24. The zero-order valence-corrected chi connectivity index (χ0v) is 10.4. The predicted molar refractivity (Wildman–Crippen MR) is 64.7 cm³/mol. The molecule has 0 aliphatic heterocycles. The molecule has 1 fully saturated rings. The van der Waals surface area contributed by atoms with Gasteiger partial charge in [-0.3, -0.25) is 4.79 Å². The third-order valence-electron chi connectivity index (χ3n) is 4.10. The normalized spacial score (nSPS) is 36.6. The van der Waals surface area contributed by atoms with E-state index < -0.39 is 0 Å². The van der Waals surface area contributed by atoms with Crippen molar-refractivity contribution in [2.75, 3.05) is 0 Å². The van der Waals surface area contributed by atoms with Crippen LogP contribution in [0, 0.1) is 17.3 Å². The molecule has 1 saturated carbocycles. The molecule has 1 nitrogen and oxygen atoms in total. The molecule has 86 valence electrons. The molecule has 0 heterocycles. The highest BCUT2D eigenvalue weighted by Gasteiger charge is 2.43. The summed E-state index contributed by atoms with van der Waals surface area (Å²) in [7, 11) is 0. The van der Waals surface area contributed by atoms with Crippen molar-refractivity contribution in [1.82, 2.24) is 0 Å². The van der Waals surface area contributed by atoms with E-state index in [1.165, 1.54) is 25.7 Å². The molecule has 0 aromatic heterocycles. The highest BCUT2D eigenvalue weighted by atomic mass is 16.1. The van der Waals surface area contributed by atoms with Gasteiger partial charge in [-0.2, -0.15) is 0 Å². The van der Waals surface area contributed by atoms with Gasteiger partial charge in [0.2, 0.25) is 0 Å². The van der Waals surface area contributed by atoms with Crippen LogP contribution in [0.3, 0.4) is 0 Å². The van der Waals surface area contributed by atoms with E-state index in [0.717, 1.165) is 6.42 Å². The van der Waals surface area contributed by atoms with Gasteiger partial charge >= 0.3 is 0 Å². The second-order valence-electron chi connectivity index (χ2n) is 5.17. The Bertz CT molecular complexity index is 242. The van der Waals surface area contributed by atoms with Crippen molar-refractivity contribution in [1.29, 1.82) is 0 Å². The average molecular weight is 208 g/mol. The molecule has 1 aliphatic carbocycles. The molecule has 0 amide bonds. The van der Waals surface area contributed by atoms with Crippen molar-refractivity contribution in [3.05, 3.63) is 12.7 Å². The Morgan fingerprint density at radius 1 is 1.53 bits per heavy atom. The minimum Gasteiger partial charge on any atom is -0.298 e. The number of rotatable bonds is 4. The summed E-state index contributed by atoms with van der Waals surface area (Å²) in [5, 5.41) is 0. The lowest BCUT2D eigenvalue weighted by Gasteiger charge is -2.40. The van der Waals surface area contributed by atoms with Crippen LogP contribution in [0.2, 0.25) is 0 Å². The van der Waals surface area contributed by atoms with Crippen LogP contribution < -0.4 is 0 Å². The highest BCUT2D eigenvalue weighted by molar-refractivity contribution is 5.89. The standard InChI is InChI=1S/C14H24O/c1-5-7-8-12-10-9-11(3)13(15)14(12,4)6-2/h6,11-12H,2,5,7-10H2,1,3-4H3/t11-,12+,14+/m0/s1. The van der Waals surface area contributed by atoms with Gasteiger partial charge in [0.05, 0.1) is 0 Å². The molecular weight excluding hydrogens is 184 g/mol. The third kappa shape index (κ3) is 2.32. The Morgan fingerprint density at radius 3 is 2.73 bits per heavy atom. The van der Waals surface area contributed by atoms with E-state index in [1.807, 2.05) is 6.08 Å². The first-order chi connectivity index (χ1) is 7.06. The Hall–Kier alpha value is -0.590. The highest BCUT2D eigenvalue weighted by Crippen LogP contribution is 2.44. The molecule has 0 N–H and O–H groups in total. The molecule has 3 atom stereocenters. The van der Waals surface area contributed by atoms with E-state index >= 15 is 0 Å². The second kappa shape index (κ2) is 4.96. The Balaban J connectivity index is 2.78. The summed E-state index contributed by atoms with van der Waals surface area (Å²) in [5.74, 6) is 1.16. The fourth-order valence-corrected chi connectivity index (χ4v) is 2.78. The maximum absolute atomic E-state index is 12.2. The molecule has 0 aromatic rings. The molecule has 0 bridgehead atoms. The lowest BCUT2D eigenvalue weighted by molar-refractivity contribution is -0.135. The summed E-state index contributed by atoms with van der Waals surface area (Å²) in [4.78, 5) is 12.2. The maximum Gasteiger partial charge on any atom is 0.145 e. The lowest BCUT2D eigenvalue weighted by atomic mass is 9.62. The van der Waals surface area contributed by atoms with Crippen LogP contribution in [0.4, 0.5) is 0 Å². The summed E-state index contributed by atoms with van der Waals surface area (Å²) >= 11 is 0. The SMILES string of the molecule is C=C[C@@]1(C)C(=O)[C@@H](C)CC[C@H]1CCCC. The van der Waals surface area contributed by atoms with Gasteiger partial charge in [-0.15, -0.1) is 6.58 Å². The quantitative estimate of drug-likeness (QED) is 0.639. The number of unbranched alkanes of at least 4 members (excludes halogenated alkanes) is 1. The van der Waals surface area contributed by atoms with Gasteiger partial charge in [-0.1, -0.05) is 32.8 Å². The van der Waals surface area contributed by atoms with Gasteiger partial charge in [0.1, 0.15) is 5.78 Å². The Morgan fingerprint density at radius 2 is 2.20 bits per heavy atom. The number of ketones is 1. The van der Waals surface area contributed by atoms with Gasteiger partial charge in [0.15, 0.2) is 0 Å². The van der Waals surface area contributed by atoms with E-state index in [-0.39, 0.29) is 11.3 Å². The first kappa shape index (κ1) is 12.5. The van der Waals surface area contributed by atoms with Crippen LogP contribution in [0.25, 0.3) is 0 Å². The number of carbonyl (C=O) groups excluding carboxylic acids is 1. The molecule has 15 heavy (non-hydrogen) atoms. The minimum atomic E-state index is -0.257. The summed E-state index contributed by atoms with van der Waals surface area (Å²) in [6.45, 7) is 10.2. The maximum atomic E-state index is 12.2. The van der Waals surface area contributed by atoms with Gasteiger partial charge in [-0.25, -0.2) is 0 Å². The smallest absolute Gasteiger partial charge is 0.145 e. The molecule has 0 unspecified atom stereocenters. The second-order valence-corrected chi connectivity index (χ2v) is 5.17. The topological polar surface area (TPSA) is 17.1 Å². The van der Waals surface area contributed by atoms with Crippen molar-refractivity contribution in [2.45, 2.75) is 52.9 Å². The van der Waals surface area contributed by atoms with E-state index in [1.54, 1.807) is 0 Å². The van der Waals surface area contributed by atoms with Crippen LogP contribution in [0.1, 0.15) is 52.9 Å². The number of carbonyl (C=O) groups is 1. The van der Waals surface area contributed by atoms with E-state index in [4.69, 9.17) is 0 Å². The van der Waals surface area contributed by atoms with Crippen LogP contribution in [-0.4, -0.2) is 5.78 Å². The van der Waals surface area contributed by atoms with Crippen LogP contribution in [0.5, 0.6) is 0 Å². The lowest BCUT2D eigenvalue weighted by Crippen LogP contribution is -2.41. The van der Waals surface area contributed by atoms with Gasteiger partial charge in [0, 0.05) is 11.3 Å².